The van der Waals surface area contributed by atoms with Crippen LogP contribution in [0, 0.1) is 0 Å². The normalized spacial score (nSPS) is 11.9. The average Bonchev–Trinajstić information content (AvgIpc) is 2.95. The van der Waals surface area contributed by atoms with Crippen molar-refractivity contribution in [1.29, 1.82) is 0 Å². The topological polar surface area (TPSA) is 92.7 Å². The summed E-state index contributed by atoms with van der Waals surface area (Å²) in [5.41, 5.74) is 0. The third kappa shape index (κ3) is 29.7. The number of rotatable bonds is 32. The highest BCUT2D eigenvalue weighted by atomic mass is 16.5. The number of carbonyl (C=O) groups is 3. The van der Waals surface area contributed by atoms with Gasteiger partial charge in [0.15, 0.2) is 0 Å². The molecule has 1 atom stereocenters. The van der Waals surface area contributed by atoms with Gasteiger partial charge in [-0.3, -0.25) is 9.59 Å². The Morgan fingerprint density at radius 3 is 1.24 bits per heavy atom. The van der Waals surface area contributed by atoms with Gasteiger partial charge in [0.25, 0.3) is 0 Å². The minimum atomic E-state index is -1.22. The van der Waals surface area contributed by atoms with E-state index < -0.39 is 18.0 Å². The van der Waals surface area contributed by atoms with Crippen molar-refractivity contribution >= 4 is 17.8 Å². The van der Waals surface area contributed by atoms with Crippen molar-refractivity contribution in [1.82, 2.24) is 5.32 Å². The molecule has 0 radical (unpaired) electrons. The quantitative estimate of drug-likeness (QED) is 0.0609. The van der Waals surface area contributed by atoms with E-state index in [1.54, 1.807) is 0 Å². The molecule has 0 aliphatic heterocycles. The van der Waals surface area contributed by atoms with Gasteiger partial charge in [0.1, 0.15) is 6.04 Å². The molecule has 0 saturated carbocycles. The predicted octanol–water partition coefficient (Wildman–Crippen LogP) is 10.1. The van der Waals surface area contributed by atoms with E-state index in [0.29, 0.717) is 13.0 Å². The number of carbonyl (C=O) groups excluding carboxylic acids is 2. The van der Waals surface area contributed by atoms with E-state index in [1.165, 1.54) is 128 Å². The van der Waals surface area contributed by atoms with Gasteiger partial charge in [-0.25, -0.2) is 4.79 Å². The van der Waals surface area contributed by atoms with E-state index in [9.17, 15) is 19.5 Å². The Balaban J connectivity index is 3.66. The smallest absolute Gasteiger partial charge is 0.326 e. The second-order valence-electron chi connectivity index (χ2n) is 12.1. The molecular weight excluding hydrogens is 514 g/mol. The summed E-state index contributed by atoms with van der Waals surface area (Å²) in [4.78, 5) is 35.8. The fourth-order valence-electron chi connectivity index (χ4n) is 5.30. The van der Waals surface area contributed by atoms with E-state index in [2.05, 4.69) is 19.2 Å². The molecule has 242 valence electrons. The summed E-state index contributed by atoms with van der Waals surface area (Å²) < 4.78 is 5.24. The number of aliphatic carboxylic acids is 1. The van der Waals surface area contributed by atoms with Crippen LogP contribution in [-0.4, -0.2) is 35.6 Å². The number of hydrogen-bond donors (Lipinski definition) is 2. The van der Waals surface area contributed by atoms with Crippen LogP contribution < -0.4 is 5.32 Å². The van der Waals surface area contributed by atoms with Crippen molar-refractivity contribution < 1.29 is 24.2 Å². The predicted molar refractivity (Wildman–Crippen MR) is 171 cm³/mol. The number of hydrogen-bond acceptors (Lipinski definition) is 4. The van der Waals surface area contributed by atoms with Crippen LogP contribution in [0.25, 0.3) is 0 Å². The Morgan fingerprint density at radius 2 is 0.878 bits per heavy atom. The maximum Gasteiger partial charge on any atom is 0.326 e. The number of carboxylic acid groups (broad SMARTS) is 1. The van der Waals surface area contributed by atoms with Crippen LogP contribution in [-0.2, 0) is 19.1 Å². The molecule has 0 aliphatic carbocycles. The van der Waals surface area contributed by atoms with Crippen LogP contribution in [0.4, 0.5) is 0 Å². The standard InChI is InChI=1S/C35H67NO5/c1-3-5-7-9-11-13-15-17-18-20-22-24-26-28-30-41-34(38)31-32(35(39)40)36-33(37)29-27-25-23-21-19-16-14-12-10-8-6-4-2/h32H,3-31H2,1-2H3,(H,36,37)(H,39,40)/t32-/m0/s1. The largest absolute Gasteiger partial charge is 0.480 e. The molecular formula is C35H67NO5. The number of unbranched alkanes of at least 4 members (excludes halogenated alkanes) is 24. The molecule has 0 aromatic carbocycles. The van der Waals surface area contributed by atoms with Gasteiger partial charge in [-0.1, -0.05) is 168 Å². The van der Waals surface area contributed by atoms with E-state index in [-0.39, 0.29) is 12.3 Å². The van der Waals surface area contributed by atoms with E-state index >= 15 is 0 Å². The molecule has 0 aromatic rings. The molecule has 0 spiro atoms. The summed E-state index contributed by atoms with van der Waals surface area (Å²) >= 11 is 0. The van der Waals surface area contributed by atoms with Crippen LogP contribution in [0.2, 0.25) is 0 Å². The summed E-state index contributed by atoms with van der Waals surface area (Å²) in [6.45, 7) is 4.82. The molecule has 1 amide bonds. The molecule has 0 heterocycles. The third-order valence-corrected chi connectivity index (χ3v) is 8.02. The molecule has 0 fully saturated rings. The van der Waals surface area contributed by atoms with Gasteiger partial charge in [0.2, 0.25) is 5.91 Å². The van der Waals surface area contributed by atoms with Crippen LogP contribution >= 0.6 is 0 Å². The first kappa shape index (κ1) is 39.4. The zero-order valence-corrected chi connectivity index (χ0v) is 27.2. The lowest BCUT2D eigenvalue weighted by atomic mass is 10.0. The third-order valence-electron chi connectivity index (χ3n) is 8.02. The van der Waals surface area contributed by atoms with Crippen LogP contribution in [0.15, 0.2) is 0 Å². The second kappa shape index (κ2) is 31.3. The van der Waals surface area contributed by atoms with Crippen molar-refractivity contribution in [2.75, 3.05) is 6.61 Å². The van der Waals surface area contributed by atoms with Gasteiger partial charge < -0.3 is 15.2 Å². The van der Waals surface area contributed by atoms with Gasteiger partial charge in [-0.2, -0.15) is 0 Å². The van der Waals surface area contributed by atoms with E-state index in [1.807, 2.05) is 0 Å². The fourth-order valence-corrected chi connectivity index (χ4v) is 5.30. The zero-order chi connectivity index (χ0) is 30.2. The molecule has 41 heavy (non-hydrogen) atoms. The van der Waals surface area contributed by atoms with Gasteiger partial charge in [-0.15, -0.1) is 0 Å². The molecule has 0 saturated heterocycles. The lowest BCUT2D eigenvalue weighted by Gasteiger charge is -2.14. The maximum atomic E-state index is 12.2. The Morgan fingerprint density at radius 1 is 0.537 bits per heavy atom. The fraction of sp³-hybridized carbons (Fsp3) is 0.914. The first-order valence-electron chi connectivity index (χ1n) is 17.7. The Bertz CT molecular complexity index is 609. The van der Waals surface area contributed by atoms with Crippen LogP contribution in [0.1, 0.15) is 194 Å². The molecule has 6 heteroatoms. The maximum absolute atomic E-state index is 12.2. The summed E-state index contributed by atoms with van der Waals surface area (Å²) in [7, 11) is 0. The summed E-state index contributed by atoms with van der Waals surface area (Å²) in [6, 6.07) is -1.22. The lowest BCUT2D eigenvalue weighted by Crippen LogP contribution is -2.42. The highest BCUT2D eigenvalue weighted by molar-refractivity contribution is 5.87. The highest BCUT2D eigenvalue weighted by Gasteiger charge is 2.23. The van der Waals surface area contributed by atoms with E-state index in [4.69, 9.17) is 4.74 Å². The molecule has 0 rings (SSSR count). The Labute approximate surface area is 253 Å². The lowest BCUT2D eigenvalue weighted by molar-refractivity contribution is -0.150. The molecule has 0 aromatic heterocycles. The van der Waals surface area contributed by atoms with Crippen LogP contribution in [0.5, 0.6) is 0 Å². The minimum Gasteiger partial charge on any atom is -0.480 e. The SMILES string of the molecule is CCCCCCCCCCCCCCCCOC(=O)C[C@H](NC(=O)CCCCCCCCCCCCCC)C(=O)O. The molecule has 0 unspecified atom stereocenters. The van der Waals surface area contributed by atoms with Gasteiger partial charge in [0.05, 0.1) is 13.0 Å². The number of amides is 1. The monoisotopic (exact) mass is 582 g/mol. The molecule has 0 aliphatic rings. The number of carboxylic acids is 1. The van der Waals surface area contributed by atoms with Gasteiger partial charge in [0, 0.05) is 6.42 Å². The highest BCUT2D eigenvalue weighted by Crippen LogP contribution is 2.14. The van der Waals surface area contributed by atoms with Crippen molar-refractivity contribution in [2.45, 2.75) is 200 Å². The number of esters is 1. The number of ether oxygens (including phenoxy) is 1. The Kier molecular flexibility index (Phi) is 30.1. The van der Waals surface area contributed by atoms with Crippen LogP contribution in [0.3, 0.4) is 0 Å². The molecule has 6 nitrogen and oxygen atoms in total. The van der Waals surface area contributed by atoms with E-state index in [0.717, 1.165) is 38.5 Å². The van der Waals surface area contributed by atoms with Crippen molar-refractivity contribution in [3.63, 3.8) is 0 Å². The van der Waals surface area contributed by atoms with Crippen molar-refractivity contribution in [3.8, 4) is 0 Å². The number of nitrogens with one attached hydrogen (secondary N) is 1. The summed E-state index contributed by atoms with van der Waals surface area (Å²) in [5.74, 6) is -2.05. The van der Waals surface area contributed by atoms with Gasteiger partial charge >= 0.3 is 11.9 Å². The Hall–Kier alpha value is -1.59. The summed E-state index contributed by atoms with van der Waals surface area (Å²) in [5, 5.41) is 11.9. The second-order valence-corrected chi connectivity index (χ2v) is 12.1. The minimum absolute atomic E-state index is 0.301. The van der Waals surface area contributed by atoms with Gasteiger partial charge in [-0.05, 0) is 12.8 Å². The zero-order valence-electron chi connectivity index (χ0n) is 27.2. The first-order valence-corrected chi connectivity index (χ1v) is 17.7. The van der Waals surface area contributed by atoms with Crippen molar-refractivity contribution in [3.05, 3.63) is 0 Å². The summed E-state index contributed by atoms with van der Waals surface area (Å²) in [6.07, 6.45) is 32.3. The average molecular weight is 582 g/mol. The first-order chi connectivity index (χ1) is 20.0. The van der Waals surface area contributed by atoms with Crippen molar-refractivity contribution in [2.24, 2.45) is 0 Å². The molecule has 0 bridgehead atoms. The molecule has 2 N–H and O–H groups in total.